The molecule has 0 bridgehead atoms. The first-order valence-corrected chi connectivity index (χ1v) is 11.7. The van der Waals surface area contributed by atoms with Gasteiger partial charge >= 0.3 is 11.9 Å². The van der Waals surface area contributed by atoms with E-state index < -0.39 is 11.6 Å². The Morgan fingerprint density at radius 2 is 1.79 bits per heavy atom. The molecule has 1 unspecified atom stereocenters. The molecule has 0 spiro atoms. The van der Waals surface area contributed by atoms with Gasteiger partial charge in [-0.2, -0.15) is 0 Å². The largest absolute Gasteiger partial charge is 0.411 e. The van der Waals surface area contributed by atoms with E-state index in [2.05, 4.69) is 28.2 Å². The fourth-order valence-corrected chi connectivity index (χ4v) is 4.23. The molecule has 1 aliphatic heterocycles. The predicted octanol–water partition coefficient (Wildman–Crippen LogP) is 3.57. The van der Waals surface area contributed by atoms with Crippen LogP contribution in [0.5, 0.6) is 0 Å². The van der Waals surface area contributed by atoms with E-state index in [9.17, 15) is 4.79 Å². The number of carbonyl (C=O) groups is 1. The molecular formula is C22H43N5O2. The molecule has 168 valence electrons. The van der Waals surface area contributed by atoms with E-state index in [0.717, 1.165) is 19.5 Å². The Kier molecular flexibility index (Phi) is 9.69. The lowest BCUT2D eigenvalue weighted by atomic mass is 9.89. The first-order chi connectivity index (χ1) is 13.8. The van der Waals surface area contributed by atoms with Crippen LogP contribution in [0, 0.1) is 5.92 Å². The van der Waals surface area contributed by atoms with Crippen LogP contribution >= 0.6 is 0 Å². The molecule has 2 aliphatic rings. The number of carbonyl (C=O) groups excluding carboxylic acids is 1. The van der Waals surface area contributed by atoms with Gasteiger partial charge in [-0.1, -0.05) is 58.3 Å². The molecule has 29 heavy (non-hydrogen) atoms. The normalized spacial score (nSPS) is 26.0. The quantitative estimate of drug-likeness (QED) is 0.237. The Labute approximate surface area is 177 Å². The van der Waals surface area contributed by atoms with Crippen LogP contribution in [0.4, 0.5) is 0 Å². The van der Waals surface area contributed by atoms with Gasteiger partial charge in [0, 0.05) is 20.0 Å². The number of nitrogens with zero attached hydrogens (tertiary/aromatic N) is 1. The molecule has 7 heteroatoms. The summed E-state index contributed by atoms with van der Waals surface area (Å²) < 4.78 is 5.71. The summed E-state index contributed by atoms with van der Waals surface area (Å²) in [6, 6.07) is 0. The van der Waals surface area contributed by atoms with Crippen LogP contribution in [-0.4, -0.2) is 36.7 Å². The molecule has 7 nitrogen and oxygen atoms in total. The number of hydrogen-bond acceptors (Lipinski definition) is 5. The van der Waals surface area contributed by atoms with Crippen LogP contribution in [0.1, 0.15) is 98.3 Å². The Bertz CT molecular complexity index is 531. The SMILES string of the molecule is CCCCCCCCN=C1NC(C)(C)NC(NCC2CCCCC2)(OC(C)=O)N1. The Morgan fingerprint density at radius 3 is 2.48 bits per heavy atom. The number of nitrogens with one attached hydrogen (secondary N) is 4. The molecule has 1 heterocycles. The topological polar surface area (TPSA) is 86.8 Å². The van der Waals surface area contributed by atoms with Crippen LogP contribution in [0.25, 0.3) is 0 Å². The molecule has 1 atom stereocenters. The molecule has 2 fully saturated rings. The molecule has 0 radical (unpaired) electrons. The van der Waals surface area contributed by atoms with E-state index in [1.807, 2.05) is 13.8 Å². The molecule has 0 aromatic carbocycles. The summed E-state index contributed by atoms with van der Waals surface area (Å²) in [5.74, 6) is -0.201. The first-order valence-electron chi connectivity index (χ1n) is 11.7. The summed E-state index contributed by atoms with van der Waals surface area (Å²) in [6.45, 7) is 9.28. The number of guanidine groups is 1. The average molecular weight is 410 g/mol. The first kappa shape index (κ1) is 23.9. The second-order valence-electron chi connectivity index (χ2n) is 9.16. The van der Waals surface area contributed by atoms with Crippen molar-refractivity contribution in [2.45, 2.75) is 110 Å². The fourth-order valence-electron chi connectivity index (χ4n) is 4.23. The molecule has 0 aromatic rings. The maximum absolute atomic E-state index is 11.9. The highest BCUT2D eigenvalue weighted by Crippen LogP contribution is 2.23. The summed E-state index contributed by atoms with van der Waals surface area (Å²) in [7, 11) is 0. The monoisotopic (exact) mass is 409 g/mol. The van der Waals surface area contributed by atoms with Gasteiger partial charge in [0.15, 0.2) is 5.96 Å². The summed E-state index contributed by atoms with van der Waals surface area (Å²) in [6.07, 6.45) is 13.8. The number of esters is 1. The highest BCUT2D eigenvalue weighted by molar-refractivity contribution is 5.82. The molecule has 0 amide bonds. The zero-order valence-corrected chi connectivity index (χ0v) is 19.0. The van der Waals surface area contributed by atoms with Gasteiger partial charge in [0.2, 0.25) is 0 Å². The van der Waals surface area contributed by atoms with Gasteiger partial charge in [0.05, 0.1) is 5.66 Å². The second-order valence-corrected chi connectivity index (χ2v) is 9.16. The molecular weight excluding hydrogens is 366 g/mol. The third-order valence-corrected chi connectivity index (χ3v) is 5.66. The predicted molar refractivity (Wildman–Crippen MR) is 118 cm³/mol. The Morgan fingerprint density at radius 1 is 1.10 bits per heavy atom. The summed E-state index contributed by atoms with van der Waals surface area (Å²) in [5.41, 5.74) is -0.472. The third-order valence-electron chi connectivity index (χ3n) is 5.66. The lowest BCUT2D eigenvalue weighted by Crippen LogP contribution is -2.83. The van der Waals surface area contributed by atoms with Gasteiger partial charge < -0.3 is 10.1 Å². The molecule has 4 N–H and O–H groups in total. The van der Waals surface area contributed by atoms with Crippen molar-refractivity contribution in [3.8, 4) is 0 Å². The maximum atomic E-state index is 11.9. The zero-order chi connectivity index (χ0) is 21.2. The van der Waals surface area contributed by atoms with Crippen molar-refractivity contribution in [2.75, 3.05) is 13.1 Å². The Hall–Kier alpha value is -1.34. The smallest absolute Gasteiger partial charge is 0.307 e. The fraction of sp³-hybridized carbons (Fsp3) is 0.909. The second kappa shape index (κ2) is 11.7. The van der Waals surface area contributed by atoms with Crippen LogP contribution in [0.2, 0.25) is 0 Å². The van der Waals surface area contributed by atoms with Crippen LogP contribution in [0.3, 0.4) is 0 Å². The van der Waals surface area contributed by atoms with E-state index in [1.54, 1.807) is 0 Å². The van der Waals surface area contributed by atoms with Crippen molar-refractivity contribution >= 4 is 11.9 Å². The molecule has 1 saturated carbocycles. The minimum Gasteiger partial charge on any atom is -0.411 e. The van der Waals surface area contributed by atoms with Crippen LogP contribution < -0.4 is 21.3 Å². The summed E-state index contributed by atoms with van der Waals surface area (Å²) in [4.78, 5) is 16.6. The molecule has 1 aliphatic carbocycles. The molecule has 2 rings (SSSR count). The van der Waals surface area contributed by atoms with E-state index in [4.69, 9.17) is 9.73 Å². The van der Waals surface area contributed by atoms with Crippen molar-refractivity contribution in [1.82, 2.24) is 21.3 Å². The molecule has 0 aromatic heterocycles. The highest BCUT2D eigenvalue weighted by Gasteiger charge is 2.44. The standard InChI is InChI=1S/C22H43N5O2/c1-5-6-7-8-9-13-16-23-20-25-21(3,4)27-22(26-20,29-18(2)28)24-17-19-14-11-10-12-15-19/h19,24,27H,5-17H2,1-4H3,(H2,23,25,26). The lowest BCUT2D eigenvalue weighted by Gasteiger charge is -2.47. The van der Waals surface area contributed by atoms with Gasteiger partial charge in [-0.25, -0.2) is 10.6 Å². The van der Waals surface area contributed by atoms with E-state index in [0.29, 0.717) is 11.9 Å². The van der Waals surface area contributed by atoms with E-state index >= 15 is 0 Å². The van der Waals surface area contributed by atoms with E-state index in [-0.39, 0.29) is 5.97 Å². The van der Waals surface area contributed by atoms with Crippen molar-refractivity contribution in [3.63, 3.8) is 0 Å². The van der Waals surface area contributed by atoms with Crippen molar-refractivity contribution in [1.29, 1.82) is 0 Å². The van der Waals surface area contributed by atoms with Crippen LogP contribution in [-0.2, 0) is 9.53 Å². The Balaban J connectivity index is 1.96. The van der Waals surface area contributed by atoms with Gasteiger partial charge in [-0.05, 0) is 39.0 Å². The van der Waals surface area contributed by atoms with Crippen molar-refractivity contribution in [3.05, 3.63) is 0 Å². The third kappa shape index (κ3) is 8.91. The minimum atomic E-state index is -1.14. The lowest BCUT2D eigenvalue weighted by molar-refractivity contribution is -0.176. The number of hydrogen-bond donors (Lipinski definition) is 4. The van der Waals surface area contributed by atoms with Crippen molar-refractivity contribution < 1.29 is 9.53 Å². The van der Waals surface area contributed by atoms with Crippen molar-refractivity contribution in [2.24, 2.45) is 10.9 Å². The number of unbranched alkanes of at least 4 members (excludes halogenated alkanes) is 5. The summed E-state index contributed by atoms with van der Waals surface area (Å²) >= 11 is 0. The zero-order valence-electron chi connectivity index (χ0n) is 19.0. The summed E-state index contributed by atoms with van der Waals surface area (Å²) in [5, 5.41) is 13.5. The van der Waals surface area contributed by atoms with Crippen LogP contribution in [0.15, 0.2) is 4.99 Å². The van der Waals surface area contributed by atoms with Gasteiger partial charge in [-0.15, -0.1) is 0 Å². The average Bonchev–Trinajstić information content (AvgIpc) is 2.65. The minimum absolute atomic E-state index is 0.339. The number of ether oxygens (including phenoxy) is 1. The maximum Gasteiger partial charge on any atom is 0.307 e. The van der Waals surface area contributed by atoms with Gasteiger partial charge in [0.1, 0.15) is 0 Å². The number of rotatable bonds is 11. The molecule has 1 saturated heterocycles. The number of aliphatic imine (C=N–C) groups is 1. The van der Waals surface area contributed by atoms with Gasteiger partial charge in [0.25, 0.3) is 0 Å². The van der Waals surface area contributed by atoms with E-state index in [1.165, 1.54) is 71.1 Å². The van der Waals surface area contributed by atoms with Gasteiger partial charge in [-0.3, -0.25) is 15.1 Å². The highest BCUT2D eigenvalue weighted by atomic mass is 16.6.